The predicted molar refractivity (Wildman–Crippen MR) is 64.7 cm³/mol. The van der Waals surface area contributed by atoms with Crippen molar-refractivity contribution in [2.45, 2.75) is 37.9 Å². The van der Waals surface area contributed by atoms with Gasteiger partial charge in [-0.15, -0.1) is 0 Å². The van der Waals surface area contributed by atoms with E-state index in [9.17, 15) is 9.50 Å². The van der Waals surface area contributed by atoms with Crippen molar-refractivity contribution in [2.75, 3.05) is 6.61 Å². The molecule has 1 fully saturated rings. The lowest BCUT2D eigenvalue weighted by Gasteiger charge is -2.35. The minimum absolute atomic E-state index is 0.0490. The molecule has 1 aromatic carbocycles. The first-order chi connectivity index (χ1) is 7.98. The highest BCUT2D eigenvalue weighted by Gasteiger charge is 2.33. The van der Waals surface area contributed by atoms with E-state index < -0.39 is 5.60 Å². The summed E-state index contributed by atoms with van der Waals surface area (Å²) < 4.78 is 18.3. The zero-order chi connectivity index (χ0) is 12.5. The fourth-order valence-electron chi connectivity index (χ4n) is 2.33. The van der Waals surface area contributed by atoms with E-state index in [2.05, 4.69) is 0 Å². The smallest absolute Gasteiger partial charge is 0.124 e. The van der Waals surface area contributed by atoms with Crippen LogP contribution in [0.1, 0.15) is 25.3 Å². The minimum Gasteiger partial charge on any atom is -0.389 e. The van der Waals surface area contributed by atoms with Crippen LogP contribution in [0.25, 0.3) is 0 Å². The van der Waals surface area contributed by atoms with Crippen molar-refractivity contribution in [3.8, 4) is 0 Å². The maximum Gasteiger partial charge on any atom is 0.124 e. The molecule has 1 saturated heterocycles. The largest absolute Gasteiger partial charge is 0.389 e. The summed E-state index contributed by atoms with van der Waals surface area (Å²) in [6.07, 6.45) is 1.67. The molecule has 1 N–H and O–H groups in total. The number of halogens is 2. The monoisotopic (exact) mass is 258 g/mol. The van der Waals surface area contributed by atoms with Crippen LogP contribution >= 0.6 is 11.6 Å². The zero-order valence-corrected chi connectivity index (χ0v) is 10.5. The summed E-state index contributed by atoms with van der Waals surface area (Å²) in [5.74, 6) is -0.355. The third-order valence-corrected chi connectivity index (χ3v) is 3.52. The average molecular weight is 259 g/mol. The molecule has 2 rings (SSSR count). The highest BCUT2D eigenvalue weighted by Crippen LogP contribution is 2.30. The lowest BCUT2D eigenvalue weighted by Crippen LogP contribution is -2.41. The van der Waals surface area contributed by atoms with E-state index >= 15 is 0 Å². The van der Waals surface area contributed by atoms with E-state index in [1.165, 1.54) is 12.1 Å². The Balaban J connectivity index is 2.14. The molecule has 2 atom stereocenters. The zero-order valence-electron chi connectivity index (χ0n) is 9.75. The van der Waals surface area contributed by atoms with Gasteiger partial charge in [-0.3, -0.25) is 0 Å². The van der Waals surface area contributed by atoms with Crippen LogP contribution in [0, 0.1) is 5.82 Å². The van der Waals surface area contributed by atoms with E-state index in [1.54, 1.807) is 6.07 Å². The van der Waals surface area contributed by atoms with Gasteiger partial charge in [-0.05, 0) is 31.0 Å². The summed E-state index contributed by atoms with van der Waals surface area (Å²) in [7, 11) is 0. The van der Waals surface area contributed by atoms with E-state index in [0.717, 1.165) is 5.56 Å². The molecule has 0 saturated carbocycles. The van der Waals surface area contributed by atoms with Crippen LogP contribution in [0.15, 0.2) is 18.2 Å². The Bertz CT molecular complexity index is 410. The van der Waals surface area contributed by atoms with Crippen LogP contribution in [0.3, 0.4) is 0 Å². The Hall–Kier alpha value is -0.640. The molecule has 0 spiro atoms. The first-order valence-electron chi connectivity index (χ1n) is 5.76. The van der Waals surface area contributed by atoms with Gasteiger partial charge in [0.2, 0.25) is 0 Å². The molecule has 0 aromatic heterocycles. The Kier molecular flexibility index (Phi) is 3.71. The third kappa shape index (κ3) is 3.18. The number of hydrogen-bond donors (Lipinski definition) is 1. The lowest BCUT2D eigenvalue weighted by atomic mass is 9.85. The second kappa shape index (κ2) is 4.92. The predicted octanol–water partition coefficient (Wildman–Crippen LogP) is 2.95. The van der Waals surface area contributed by atoms with Crippen LogP contribution < -0.4 is 0 Å². The SMILES string of the molecule is CC1CC(O)(Cc2ccc(F)cc2Cl)CCO1. The number of rotatable bonds is 2. The molecule has 1 aromatic rings. The average Bonchev–Trinajstić information content (AvgIpc) is 2.22. The quantitative estimate of drug-likeness (QED) is 0.884. The second-order valence-electron chi connectivity index (χ2n) is 4.77. The Labute approximate surface area is 105 Å². The summed E-state index contributed by atoms with van der Waals surface area (Å²) in [6, 6.07) is 4.28. The number of benzene rings is 1. The molecular weight excluding hydrogens is 243 g/mol. The number of aliphatic hydroxyl groups is 1. The molecule has 2 unspecified atom stereocenters. The highest BCUT2D eigenvalue weighted by molar-refractivity contribution is 6.31. The first-order valence-corrected chi connectivity index (χ1v) is 6.14. The summed E-state index contributed by atoms with van der Waals surface area (Å²) in [5, 5.41) is 10.8. The van der Waals surface area contributed by atoms with E-state index in [4.69, 9.17) is 16.3 Å². The van der Waals surface area contributed by atoms with E-state index in [-0.39, 0.29) is 11.9 Å². The van der Waals surface area contributed by atoms with Gasteiger partial charge in [-0.1, -0.05) is 17.7 Å². The Morgan fingerprint density at radius 2 is 2.35 bits per heavy atom. The molecule has 1 heterocycles. The van der Waals surface area contributed by atoms with Crippen molar-refractivity contribution in [3.63, 3.8) is 0 Å². The fourth-order valence-corrected chi connectivity index (χ4v) is 2.56. The van der Waals surface area contributed by atoms with E-state index in [0.29, 0.717) is 30.9 Å². The van der Waals surface area contributed by atoms with Crippen molar-refractivity contribution >= 4 is 11.6 Å². The number of hydrogen-bond acceptors (Lipinski definition) is 2. The molecule has 0 aliphatic carbocycles. The molecular formula is C13H16ClFO2. The topological polar surface area (TPSA) is 29.5 Å². The maximum atomic E-state index is 12.9. The maximum absolute atomic E-state index is 12.9. The number of ether oxygens (including phenoxy) is 1. The van der Waals surface area contributed by atoms with Crippen LogP contribution in [0.5, 0.6) is 0 Å². The van der Waals surface area contributed by atoms with Crippen molar-refractivity contribution in [2.24, 2.45) is 0 Å². The molecule has 0 radical (unpaired) electrons. The molecule has 1 aliphatic rings. The van der Waals surface area contributed by atoms with Crippen LogP contribution in [-0.4, -0.2) is 23.4 Å². The molecule has 94 valence electrons. The lowest BCUT2D eigenvalue weighted by molar-refractivity contribution is -0.0961. The molecule has 0 bridgehead atoms. The van der Waals surface area contributed by atoms with Crippen molar-refractivity contribution in [1.82, 2.24) is 0 Å². The van der Waals surface area contributed by atoms with Gasteiger partial charge in [0.05, 0.1) is 11.7 Å². The standard InChI is InChI=1S/C13H16ClFO2/c1-9-7-13(16,4-5-17-9)8-10-2-3-11(15)6-12(10)14/h2-3,6,9,16H,4-5,7-8H2,1H3. The summed E-state index contributed by atoms with van der Waals surface area (Å²) >= 11 is 5.96. The van der Waals surface area contributed by atoms with Gasteiger partial charge < -0.3 is 9.84 Å². The summed E-state index contributed by atoms with van der Waals surface area (Å²) in [6.45, 7) is 2.49. The Morgan fingerprint density at radius 3 is 3.00 bits per heavy atom. The highest BCUT2D eigenvalue weighted by atomic mass is 35.5. The van der Waals surface area contributed by atoms with E-state index in [1.807, 2.05) is 6.92 Å². The molecule has 4 heteroatoms. The summed E-state index contributed by atoms with van der Waals surface area (Å²) in [4.78, 5) is 0. The third-order valence-electron chi connectivity index (χ3n) is 3.17. The minimum atomic E-state index is -0.793. The molecule has 1 aliphatic heterocycles. The molecule has 0 amide bonds. The van der Waals surface area contributed by atoms with Gasteiger partial charge in [-0.2, -0.15) is 0 Å². The van der Waals surface area contributed by atoms with Gasteiger partial charge in [0, 0.05) is 24.5 Å². The van der Waals surface area contributed by atoms with Gasteiger partial charge in [0.25, 0.3) is 0 Å². The first kappa shape index (κ1) is 12.8. The second-order valence-corrected chi connectivity index (χ2v) is 5.18. The van der Waals surface area contributed by atoms with Crippen LogP contribution in [-0.2, 0) is 11.2 Å². The Morgan fingerprint density at radius 1 is 1.59 bits per heavy atom. The van der Waals surface area contributed by atoms with Crippen LogP contribution in [0.4, 0.5) is 4.39 Å². The fraction of sp³-hybridized carbons (Fsp3) is 0.538. The molecule has 17 heavy (non-hydrogen) atoms. The summed E-state index contributed by atoms with van der Waals surface area (Å²) in [5.41, 5.74) is -0.0104. The van der Waals surface area contributed by atoms with Crippen LogP contribution in [0.2, 0.25) is 5.02 Å². The van der Waals surface area contributed by atoms with Crippen molar-refractivity contribution < 1.29 is 14.2 Å². The van der Waals surface area contributed by atoms with Gasteiger partial charge in [-0.25, -0.2) is 4.39 Å². The molecule has 2 nitrogen and oxygen atoms in total. The van der Waals surface area contributed by atoms with Gasteiger partial charge in [0.15, 0.2) is 0 Å². The van der Waals surface area contributed by atoms with Gasteiger partial charge in [0.1, 0.15) is 5.82 Å². The van der Waals surface area contributed by atoms with Gasteiger partial charge >= 0.3 is 0 Å². The van der Waals surface area contributed by atoms with Crippen molar-refractivity contribution in [1.29, 1.82) is 0 Å². The van der Waals surface area contributed by atoms with Crippen molar-refractivity contribution in [3.05, 3.63) is 34.6 Å². The normalized spacial score (nSPS) is 29.3.